The molecule has 1 nitrogen and oxygen atoms in total. The van der Waals surface area contributed by atoms with Crippen molar-refractivity contribution in [3.63, 3.8) is 0 Å². The lowest BCUT2D eigenvalue weighted by atomic mass is 9.96. The van der Waals surface area contributed by atoms with Gasteiger partial charge >= 0.3 is 0 Å². The molecule has 1 unspecified atom stereocenters. The fraction of sp³-hybridized carbons (Fsp3) is 0.333. The zero-order valence-corrected chi connectivity index (χ0v) is 8.00. The van der Waals surface area contributed by atoms with Crippen molar-refractivity contribution in [3.05, 3.63) is 47.8 Å². The van der Waals surface area contributed by atoms with Crippen LogP contribution in [0.4, 0.5) is 4.39 Å². The van der Waals surface area contributed by atoms with Gasteiger partial charge in [-0.25, -0.2) is 4.39 Å². The molecule has 0 amide bonds. The summed E-state index contributed by atoms with van der Waals surface area (Å²) < 4.78 is 18.5. The van der Waals surface area contributed by atoms with E-state index in [-0.39, 0.29) is 11.9 Å². The Kier molecular flexibility index (Phi) is 2.64. The predicted octanol–water partition coefficient (Wildman–Crippen LogP) is 3.02. The van der Waals surface area contributed by atoms with Crippen LogP contribution in [0.2, 0.25) is 0 Å². The van der Waals surface area contributed by atoms with E-state index in [0.717, 1.165) is 24.0 Å². The standard InChI is InChI=1S/C12H13FO/c1-2-3-12-11-5-4-10(13)8-9(11)6-7-14-12/h2,4-5,8,12H,1,3,6-7H2. The highest BCUT2D eigenvalue weighted by Gasteiger charge is 2.19. The lowest BCUT2D eigenvalue weighted by molar-refractivity contribution is 0.0444. The smallest absolute Gasteiger partial charge is 0.123 e. The van der Waals surface area contributed by atoms with E-state index < -0.39 is 0 Å². The van der Waals surface area contributed by atoms with Gasteiger partial charge in [0.1, 0.15) is 5.82 Å². The Labute approximate surface area is 83.2 Å². The summed E-state index contributed by atoms with van der Waals surface area (Å²) in [5.41, 5.74) is 2.18. The summed E-state index contributed by atoms with van der Waals surface area (Å²) in [7, 11) is 0. The van der Waals surface area contributed by atoms with Crippen molar-refractivity contribution >= 4 is 0 Å². The molecule has 0 aliphatic carbocycles. The summed E-state index contributed by atoms with van der Waals surface area (Å²) in [5.74, 6) is -0.164. The second kappa shape index (κ2) is 3.93. The summed E-state index contributed by atoms with van der Waals surface area (Å²) in [6.45, 7) is 4.37. The third-order valence-corrected chi connectivity index (χ3v) is 2.52. The van der Waals surface area contributed by atoms with Crippen molar-refractivity contribution in [2.24, 2.45) is 0 Å². The van der Waals surface area contributed by atoms with Crippen molar-refractivity contribution in [2.75, 3.05) is 6.61 Å². The molecule has 0 spiro atoms. The van der Waals surface area contributed by atoms with Gasteiger partial charge in [-0.1, -0.05) is 12.1 Å². The van der Waals surface area contributed by atoms with Crippen LogP contribution in [0.15, 0.2) is 30.9 Å². The van der Waals surface area contributed by atoms with Crippen LogP contribution in [0.3, 0.4) is 0 Å². The van der Waals surface area contributed by atoms with Gasteiger partial charge in [-0.3, -0.25) is 0 Å². The first-order valence-electron chi connectivity index (χ1n) is 4.82. The number of benzene rings is 1. The predicted molar refractivity (Wildman–Crippen MR) is 53.6 cm³/mol. The van der Waals surface area contributed by atoms with Crippen LogP contribution in [0.25, 0.3) is 0 Å². The fourth-order valence-electron chi connectivity index (χ4n) is 1.85. The molecule has 0 radical (unpaired) electrons. The molecule has 1 aliphatic rings. The van der Waals surface area contributed by atoms with E-state index >= 15 is 0 Å². The van der Waals surface area contributed by atoms with Crippen LogP contribution in [0.5, 0.6) is 0 Å². The first-order chi connectivity index (χ1) is 6.81. The second-order valence-corrected chi connectivity index (χ2v) is 3.48. The normalized spacial score (nSPS) is 20.2. The van der Waals surface area contributed by atoms with E-state index in [1.54, 1.807) is 6.07 Å². The Morgan fingerprint density at radius 1 is 1.57 bits per heavy atom. The molecule has 0 aromatic heterocycles. The molecule has 0 N–H and O–H groups in total. The number of rotatable bonds is 2. The Bertz CT molecular complexity index is 346. The van der Waals surface area contributed by atoms with E-state index in [9.17, 15) is 4.39 Å². The van der Waals surface area contributed by atoms with Gasteiger partial charge < -0.3 is 4.74 Å². The molecular formula is C12H13FO. The van der Waals surface area contributed by atoms with Crippen molar-refractivity contribution in [1.29, 1.82) is 0 Å². The summed E-state index contributed by atoms with van der Waals surface area (Å²) in [6, 6.07) is 4.91. The minimum Gasteiger partial charge on any atom is -0.373 e. The Balaban J connectivity index is 2.34. The number of hydrogen-bond acceptors (Lipinski definition) is 1. The molecule has 14 heavy (non-hydrogen) atoms. The molecule has 74 valence electrons. The van der Waals surface area contributed by atoms with Gasteiger partial charge in [0, 0.05) is 0 Å². The van der Waals surface area contributed by atoms with Gasteiger partial charge in [-0.15, -0.1) is 6.58 Å². The quantitative estimate of drug-likeness (QED) is 0.654. The second-order valence-electron chi connectivity index (χ2n) is 3.48. The average Bonchev–Trinajstić information content (AvgIpc) is 2.18. The van der Waals surface area contributed by atoms with Gasteiger partial charge in [0.15, 0.2) is 0 Å². The highest BCUT2D eigenvalue weighted by atomic mass is 19.1. The van der Waals surface area contributed by atoms with Gasteiger partial charge in [0.25, 0.3) is 0 Å². The largest absolute Gasteiger partial charge is 0.373 e. The minimum atomic E-state index is -0.164. The van der Waals surface area contributed by atoms with Crippen LogP contribution >= 0.6 is 0 Å². The molecule has 1 aromatic rings. The van der Waals surface area contributed by atoms with Crippen LogP contribution < -0.4 is 0 Å². The van der Waals surface area contributed by atoms with E-state index in [2.05, 4.69) is 6.58 Å². The highest BCUT2D eigenvalue weighted by molar-refractivity contribution is 5.31. The lowest BCUT2D eigenvalue weighted by Crippen LogP contribution is -2.15. The van der Waals surface area contributed by atoms with Crippen molar-refractivity contribution in [3.8, 4) is 0 Å². The van der Waals surface area contributed by atoms with E-state index in [4.69, 9.17) is 4.74 Å². The van der Waals surface area contributed by atoms with E-state index in [0.29, 0.717) is 6.61 Å². The maximum absolute atomic E-state index is 12.9. The van der Waals surface area contributed by atoms with Crippen molar-refractivity contribution in [1.82, 2.24) is 0 Å². The molecular weight excluding hydrogens is 179 g/mol. The SMILES string of the molecule is C=CCC1OCCc2cc(F)ccc21. The van der Waals surface area contributed by atoms with Gasteiger partial charge in [-0.2, -0.15) is 0 Å². The van der Waals surface area contributed by atoms with Gasteiger partial charge in [0.2, 0.25) is 0 Å². The summed E-state index contributed by atoms with van der Waals surface area (Å²) >= 11 is 0. The molecule has 1 aromatic carbocycles. The third kappa shape index (κ3) is 1.70. The summed E-state index contributed by atoms with van der Waals surface area (Å²) in [4.78, 5) is 0. The van der Waals surface area contributed by atoms with Gasteiger partial charge in [-0.05, 0) is 36.1 Å². The monoisotopic (exact) mass is 192 g/mol. The maximum Gasteiger partial charge on any atom is 0.123 e. The Morgan fingerprint density at radius 3 is 3.21 bits per heavy atom. The van der Waals surface area contributed by atoms with Crippen LogP contribution in [-0.2, 0) is 11.2 Å². The molecule has 1 aliphatic heterocycles. The number of halogens is 1. The van der Waals surface area contributed by atoms with Crippen LogP contribution in [0.1, 0.15) is 23.7 Å². The number of fused-ring (bicyclic) bond motifs is 1. The van der Waals surface area contributed by atoms with E-state index in [1.807, 2.05) is 12.1 Å². The Morgan fingerprint density at radius 2 is 2.43 bits per heavy atom. The summed E-state index contributed by atoms with van der Waals surface area (Å²) in [5, 5.41) is 0. The van der Waals surface area contributed by atoms with Crippen LogP contribution in [-0.4, -0.2) is 6.61 Å². The highest BCUT2D eigenvalue weighted by Crippen LogP contribution is 2.30. The maximum atomic E-state index is 12.9. The topological polar surface area (TPSA) is 9.23 Å². The first-order valence-corrected chi connectivity index (χ1v) is 4.82. The third-order valence-electron chi connectivity index (χ3n) is 2.52. The zero-order chi connectivity index (χ0) is 9.97. The number of hydrogen-bond donors (Lipinski definition) is 0. The first kappa shape index (κ1) is 9.41. The summed E-state index contributed by atoms with van der Waals surface area (Å²) in [6.07, 6.45) is 3.50. The molecule has 0 saturated carbocycles. The van der Waals surface area contributed by atoms with Crippen LogP contribution in [0, 0.1) is 5.82 Å². The number of ether oxygens (including phenoxy) is 1. The Hall–Kier alpha value is -1.15. The van der Waals surface area contributed by atoms with Gasteiger partial charge in [0.05, 0.1) is 12.7 Å². The van der Waals surface area contributed by atoms with E-state index in [1.165, 1.54) is 6.07 Å². The molecule has 1 heterocycles. The zero-order valence-electron chi connectivity index (χ0n) is 8.00. The van der Waals surface area contributed by atoms with Crippen molar-refractivity contribution in [2.45, 2.75) is 18.9 Å². The molecule has 0 saturated heterocycles. The molecule has 2 rings (SSSR count). The molecule has 0 fully saturated rings. The molecule has 1 atom stereocenters. The average molecular weight is 192 g/mol. The molecule has 2 heteroatoms. The molecule has 0 bridgehead atoms. The van der Waals surface area contributed by atoms with Crippen molar-refractivity contribution < 1.29 is 9.13 Å². The lowest BCUT2D eigenvalue weighted by Gasteiger charge is -2.25. The fourth-order valence-corrected chi connectivity index (χ4v) is 1.85. The minimum absolute atomic E-state index is 0.0665.